The zero-order valence-corrected chi connectivity index (χ0v) is 15.4. The van der Waals surface area contributed by atoms with Crippen molar-refractivity contribution in [2.45, 2.75) is 0 Å². The maximum Gasteiger partial charge on any atom is 0.231 e. The summed E-state index contributed by atoms with van der Waals surface area (Å²) >= 11 is 0. The van der Waals surface area contributed by atoms with Gasteiger partial charge in [0.2, 0.25) is 5.95 Å². The number of H-pyrrole nitrogens is 1. The monoisotopic (exact) mass is 371 g/mol. The van der Waals surface area contributed by atoms with Crippen LogP contribution in [0.1, 0.15) is 0 Å². The van der Waals surface area contributed by atoms with Crippen LogP contribution in [0.25, 0.3) is 27.8 Å². The van der Waals surface area contributed by atoms with E-state index >= 15 is 0 Å². The van der Waals surface area contributed by atoms with Crippen LogP contribution in [0, 0.1) is 0 Å². The van der Waals surface area contributed by atoms with Crippen LogP contribution in [0.5, 0.6) is 5.75 Å². The van der Waals surface area contributed by atoms with Gasteiger partial charge in [-0.2, -0.15) is 10.1 Å². The van der Waals surface area contributed by atoms with Gasteiger partial charge in [0.05, 0.1) is 30.7 Å². The molecule has 138 valence electrons. The van der Waals surface area contributed by atoms with Crippen LogP contribution in [0.2, 0.25) is 0 Å². The fourth-order valence-electron chi connectivity index (χ4n) is 3.15. The first-order valence-electron chi connectivity index (χ1n) is 8.74. The molecule has 0 saturated carbocycles. The van der Waals surface area contributed by atoms with Crippen molar-refractivity contribution in [1.29, 1.82) is 0 Å². The standard InChI is InChI=1S/C20H17N7O/c1-26(14-5-7-16(28-2)8-6-14)20-21-11-18-19(24-20)27(12-22-18)15-4-3-13-10-23-25-17(13)9-15/h3-12H,1-2H3,(H,23,25). The number of fused-ring (bicyclic) bond motifs is 2. The van der Waals surface area contributed by atoms with Crippen molar-refractivity contribution in [1.82, 2.24) is 29.7 Å². The molecule has 1 N–H and O–H groups in total. The molecule has 0 fully saturated rings. The summed E-state index contributed by atoms with van der Waals surface area (Å²) in [7, 11) is 3.58. The zero-order chi connectivity index (χ0) is 19.1. The van der Waals surface area contributed by atoms with Crippen molar-refractivity contribution in [3.05, 3.63) is 61.2 Å². The number of hydrogen-bond acceptors (Lipinski definition) is 6. The number of anilines is 2. The van der Waals surface area contributed by atoms with Crippen LogP contribution in [-0.4, -0.2) is 43.9 Å². The smallest absolute Gasteiger partial charge is 0.231 e. The van der Waals surface area contributed by atoms with Crippen molar-refractivity contribution in [2.75, 3.05) is 19.1 Å². The van der Waals surface area contributed by atoms with Crippen molar-refractivity contribution < 1.29 is 4.74 Å². The summed E-state index contributed by atoms with van der Waals surface area (Å²) in [4.78, 5) is 15.6. The summed E-state index contributed by atoms with van der Waals surface area (Å²) in [6.07, 6.45) is 5.30. The van der Waals surface area contributed by atoms with E-state index in [2.05, 4.69) is 20.2 Å². The Morgan fingerprint density at radius 2 is 1.89 bits per heavy atom. The lowest BCUT2D eigenvalue weighted by molar-refractivity contribution is 0.415. The maximum absolute atomic E-state index is 5.22. The third-order valence-corrected chi connectivity index (χ3v) is 4.74. The third-order valence-electron chi connectivity index (χ3n) is 4.74. The Bertz CT molecular complexity index is 1270. The number of nitrogens with zero attached hydrogens (tertiary/aromatic N) is 6. The molecule has 5 aromatic rings. The number of hydrogen-bond donors (Lipinski definition) is 1. The number of benzene rings is 2. The topological polar surface area (TPSA) is 84.8 Å². The van der Waals surface area contributed by atoms with Crippen LogP contribution in [0.15, 0.2) is 61.2 Å². The Kier molecular flexibility index (Phi) is 3.68. The predicted octanol–water partition coefficient (Wildman–Crippen LogP) is 3.47. The Labute approximate surface area is 160 Å². The molecular formula is C20H17N7O. The van der Waals surface area contributed by atoms with Gasteiger partial charge in [0, 0.05) is 18.1 Å². The van der Waals surface area contributed by atoms with Gasteiger partial charge in [0.15, 0.2) is 5.65 Å². The summed E-state index contributed by atoms with van der Waals surface area (Å²) in [5.74, 6) is 1.39. The molecule has 5 rings (SSSR count). The molecule has 3 aromatic heterocycles. The van der Waals surface area contributed by atoms with Crippen LogP contribution in [0.4, 0.5) is 11.6 Å². The maximum atomic E-state index is 5.22. The molecule has 0 aliphatic rings. The molecule has 8 heteroatoms. The first kappa shape index (κ1) is 16.2. The molecule has 0 aliphatic carbocycles. The van der Waals surface area contributed by atoms with Crippen molar-refractivity contribution in [2.24, 2.45) is 0 Å². The number of aromatic amines is 1. The highest BCUT2D eigenvalue weighted by atomic mass is 16.5. The van der Waals surface area contributed by atoms with E-state index in [-0.39, 0.29) is 0 Å². The number of ether oxygens (including phenoxy) is 1. The number of methoxy groups -OCH3 is 1. The summed E-state index contributed by atoms with van der Waals surface area (Å²) in [5.41, 5.74) is 4.35. The second-order valence-corrected chi connectivity index (χ2v) is 6.39. The van der Waals surface area contributed by atoms with Gasteiger partial charge in [0.1, 0.15) is 17.6 Å². The average molecular weight is 371 g/mol. The highest BCUT2D eigenvalue weighted by Crippen LogP contribution is 2.25. The summed E-state index contributed by atoms with van der Waals surface area (Å²) in [6.45, 7) is 0. The Morgan fingerprint density at radius 1 is 1.04 bits per heavy atom. The van der Waals surface area contributed by atoms with Crippen molar-refractivity contribution in [3.8, 4) is 11.4 Å². The van der Waals surface area contributed by atoms with Crippen molar-refractivity contribution in [3.63, 3.8) is 0 Å². The minimum Gasteiger partial charge on any atom is -0.497 e. The predicted molar refractivity (Wildman–Crippen MR) is 107 cm³/mol. The highest BCUT2D eigenvalue weighted by molar-refractivity contribution is 5.81. The fraction of sp³-hybridized carbons (Fsp3) is 0.100. The molecule has 28 heavy (non-hydrogen) atoms. The number of rotatable bonds is 4. The first-order chi connectivity index (χ1) is 13.7. The van der Waals surface area contributed by atoms with E-state index in [0.717, 1.165) is 39.2 Å². The Morgan fingerprint density at radius 3 is 2.71 bits per heavy atom. The molecule has 0 unspecified atom stereocenters. The van der Waals surface area contributed by atoms with Gasteiger partial charge in [-0.05, 0) is 42.5 Å². The van der Waals surface area contributed by atoms with E-state index in [1.807, 2.05) is 59.0 Å². The van der Waals surface area contributed by atoms with E-state index < -0.39 is 0 Å². The fourth-order valence-corrected chi connectivity index (χ4v) is 3.15. The summed E-state index contributed by atoms with van der Waals surface area (Å²) in [5, 5.41) is 8.13. The van der Waals surface area contributed by atoms with Gasteiger partial charge < -0.3 is 9.64 Å². The second kappa shape index (κ2) is 6.34. The zero-order valence-electron chi connectivity index (χ0n) is 15.4. The molecule has 8 nitrogen and oxygen atoms in total. The van der Waals surface area contributed by atoms with Crippen LogP contribution < -0.4 is 9.64 Å². The Balaban J connectivity index is 1.57. The van der Waals surface area contributed by atoms with Crippen LogP contribution >= 0.6 is 0 Å². The number of imidazole rings is 1. The van der Waals surface area contributed by atoms with Gasteiger partial charge in [-0.15, -0.1) is 0 Å². The highest BCUT2D eigenvalue weighted by Gasteiger charge is 2.13. The lowest BCUT2D eigenvalue weighted by atomic mass is 10.2. The van der Waals surface area contributed by atoms with Crippen molar-refractivity contribution >= 4 is 33.7 Å². The van der Waals surface area contributed by atoms with E-state index in [0.29, 0.717) is 5.95 Å². The van der Waals surface area contributed by atoms with Gasteiger partial charge in [0.25, 0.3) is 0 Å². The third kappa shape index (κ3) is 2.62. The lowest BCUT2D eigenvalue weighted by Crippen LogP contribution is -2.13. The summed E-state index contributed by atoms with van der Waals surface area (Å²) < 4.78 is 7.17. The molecule has 0 atom stereocenters. The van der Waals surface area contributed by atoms with E-state index in [4.69, 9.17) is 9.72 Å². The van der Waals surface area contributed by atoms with E-state index in [9.17, 15) is 0 Å². The average Bonchev–Trinajstić information content (AvgIpc) is 3.39. The molecule has 3 heterocycles. The van der Waals surface area contributed by atoms with E-state index in [1.165, 1.54) is 0 Å². The number of aromatic nitrogens is 6. The van der Waals surface area contributed by atoms with Crippen LogP contribution in [0.3, 0.4) is 0 Å². The molecule has 0 aliphatic heterocycles. The lowest BCUT2D eigenvalue weighted by Gasteiger charge is -2.17. The van der Waals surface area contributed by atoms with Gasteiger partial charge in [-0.3, -0.25) is 9.67 Å². The van der Waals surface area contributed by atoms with Gasteiger partial charge in [-0.1, -0.05) is 0 Å². The van der Waals surface area contributed by atoms with E-state index in [1.54, 1.807) is 25.8 Å². The van der Waals surface area contributed by atoms with Crippen LogP contribution in [-0.2, 0) is 0 Å². The molecule has 0 radical (unpaired) electrons. The normalized spacial score (nSPS) is 11.2. The molecular weight excluding hydrogens is 354 g/mol. The van der Waals surface area contributed by atoms with Gasteiger partial charge in [-0.25, -0.2) is 9.97 Å². The SMILES string of the molecule is COc1ccc(N(C)c2ncc3ncn(-c4ccc5cn[nH]c5c4)c3n2)cc1. The molecule has 0 saturated heterocycles. The molecule has 0 spiro atoms. The summed E-state index contributed by atoms with van der Waals surface area (Å²) in [6, 6.07) is 13.8. The molecule has 0 bridgehead atoms. The molecule has 0 amide bonds. The quantitative estimate of drug-likeness (QED) is 0.521. The minimum atomic E-state index is 0.585. The Hall–Kier alpha value is -3.94. The second-order valence-electron chi connectivity index (χ2n) is 6.39. The molecule has 2 aromatic carbocycles. The van der Waals surface area contributed by atoms with Gasteiger partial charge >= 0.3 is 0 Å². The first-order valence-corrected chi connectivity index (χ1v) is 8.74. The minimum absolute atomic E-state index is 0.585. The largest absolute Gasteiger partial charge is 0.497 e. The number of nitrogens with one attached hydrogen (secondary N) is 1.